The molecule has 140 valence electrons. The lowest BCUT2D eigenvalue weighted by molar-refractivity contribution is -0.124. The number of rotatable bonds is 3. The van der Waals surface area contributed by atoms with Crippen LogP contribution in [0, 0.1) is 0 Å². The van der Waals surface area contributed by atoms with Crippen LogP contribution in [0.4, 0.5) is 5.69 Å². The fourth-order valence-electron chi connectivity index (χ4n) is 3.44. The molecule has 2 aromatic rings. The number of hydrogen-bond acceptors (Lipinski definition) is 5. The summed E-state index contributed by atoms with van der Waals surface area (Å²) in [6.45, 7) is 2.73. The largest absolute Gasteiger partial charge is 0.495 e. The van der Waals surface area contributed by atoms with Crippen LogP contribution in [0.1, 0.15) is 17.3 Å². The zero-order chi connectivity index (χ0) is 19.0. The number of carbonyl (C=O) groups is 2. The molecule has 0 radical (unpaired) electrons. The number of hydrogen-bond donors (Lipinski definition) is 0. The summed E-state index contributed by atoms with van der Waals surface area (Å²) in [5, 5.41) is 0. The predicted molar refractivity (Wildman–Crippen MR) is 98.4 cm³/mol. The smallest absolute Gasteiger partial charge is 0.254 e. The number of carbonyl (C=O) groups excluding carboxylic acids is 2. The first-order chi connectivity index (χ1) is 13.1. The lowest BCUT2D eigenvalue weighted by atomic mass is 10.1. The van der Waals surface area contributed by atoms with Gasteiger partial charge in [0, 0.05) is 18.7 Å². The second-order valence-electron chi connectivity index (χ2n) is 6.40. The highest BCUT2D eigenvalue weighted by Gasteiger charge is 2.36. The SMILES string of the molecule is COc1ccccc1N1CCN(C(=O)c2ccc3c(c2)OCO3)C(C)C1=O. The number of benzene rings is 2. The quantitative estimate of drug-likeness (QED) is 0.832. The first-order valence-electron chi connectivity index (χ1n) is 8.75. The highest BCUT2D eigenvalue weighted by atomic mass is 16.7. The van der Waals surface area contributed by atoms with Crippen LogP contribution >= 0.6 is 0 Å². The minimum Gasteiger partial charge on any atom is -0.495 e. The standard InChI is InChI=1S/C20H20N2O5/c1-13-19(23)22(15-5-3-4-6-16(15)25-2)10-9-21(13)20(24)14-7-8-17-18(11-14)27-12-26-17/h3-8,11,13H,9-10,12H2,1-2H3. The van der Waals surface area contributed by atoms with E-state index in [1.807, 2.05) is 24.3 Å². The van der Waals surface area contributed by atoms with Crippen molar-refractivity contribution in [1.29, 1.82) is 0 Å². The lowest BCUT2D eigenvalue weighted by Crippen LogP contribution is -2.57. The van der Waals surface area contributed by atoms with Crippen LogP contribution in [0.2, 0.25) is 0 Å². The molecule has 0 spiro atoms. The fourth-order valence-corrected chi connectivity index (χ4v) is 3.44. The Labute approximate surface area is 157 Å². The van der Waals surface area contributed by atoms with Gasteiger partial charge in [0.25, 0.3) is 5.91 Å². The summed E-state index contributed by atoms with van der Waals surface area (Å²) in [4.78, 5) is 29.2. The summed E-state index contributed by atoms with van der Waals surface area (Å²) in [6.07, 6.45) is 0. The average Bonchev–Trinajstić information content (AvgIpc) is 3.17. The molecule has 2 aliphatic heterocycles. The van der Waals surface area contributed by atoms with Crippen molar-refractivity contribution < 1.29 is 23.8 Å². The van der Waals surface area contributed by atoms with Gasteiger partial charge in [-0.2, -0.15) is 0 Å². The zero-order valence-electron chi connectivity index (χ0n) is 15.2. The molecule has 4 rings (SSSR count). The van der Waals surface area contributed by atoms with E-state index in [0.717, 1.165) is 0 Å². The lowest BCUT2D eigenvalue weighted by Gasteiger charge is -2.39. The second-order valence-corrected chi connectivity index (χ2v) is 6.40. The topological polar surface area (TPSA) is 68.3 Å². The molecule has 2 amide bonds. The van der Waals surface area contributed by atoms with Crippen LogP contribution in [0.25, 0.3) is 0 Å². The molecule has 0 aromatic heterocycles. The van der Waals surface area contributed by atoms with Crippen LogP contribution in [-0.2, 0) is 4.79 Å². The van der Waals surface area contributed by atoms with Crippen LogP contribution in [0.15, 0.2) is 42.5 Å². The number of amides is 2. The molecule has 0 bridgehead atoms. The molecule has 0 saturated carbocycles. The molecule has 1 unspecified atom stereocenters. The van der Waals surface area contributed by atoms with Crippen molar-refractivity contribution in [2.75, 3.05) is 31.9 Å². The second kappa shape index (κ2) is 6.83. The third-order valence-electron chi connectivity index (χ3n) is 4.91. The van der Waals surface area contributed by atoms with Gasteiger partial charge in [-0.05, 0) is 37.3 Å². The van der Waals surface area contributed by atoms with Crippen LogP contribution < -0.4 is 19.1 Å². The van der Waals surface area contributed by atoms with Gasteiger partial charge in [-0.15, -0.1) is 0 Å². The van der Waals surface area contributed by atoms with Gasteiger partial charge in [0.2, 0.25) is 12.7 Å². The number of fused-ring (bicyclic) bond motifs is 1. The maximum absolute atomic E-state index is 13.0. The normalized spacial score (nSPS) is 18.6. The van der Waals surface area contributed by atoms with E-state index in [1.165, 1.54) is 0 Å². The van der Waals surface area contributed by atoms with Crippen molar-refractivity contribution in [3.8, 4) is 17.2 Å². The highest BCUT2D eigenvalue weighted by Crippen LogP contribution is 2.34. The molecule has 7 heteroatoms. The van der Waals surface area contributed by atoms with Crippen LogP contribution in [0.5, 0.6) is 17.2 Å². The van der Waals surface area contributed by atoms with Gasteiger partial charge in [0.15, 0.2) is 11.5 Å². The Morgan fingerprint density at radius 3 is 2.70 bits per heavy atom. The Hall–Kier alpha value is -3.22. The molecule has 2 aromatic carbocycles. The van der Waals surface area contributed by atoms with Crippen molar-refractivity contribution in [3.63, 3.8) is 0 Å². The number of nitrogens with zero attached hydrogens (tertiary/aromatic N) is 2. The van der Waals surface area contributed by atoms with Crippen molar-refractivity contribution in [3.05, 3.63) is 48.0 Å². The third-order valence-corrected chi connectivity index (χ3v) is 4.91. The van der Waals surface area contributed by atoms with Gasteiger partial charge >= 0.3 is 0 Å². The van der Waals surface area contributed by atoms with E-state index in [1.54, 1.807) is 42.0 Å². The van der Waals surface area contributed by atoms with E-state index in [9.17, 15) is 9.59 Å². The van der Waals surface area contributed by atoms with Crippen molar-refractivity contribution in [2.45, 2.75) is 13.0 Å². The van der Waals surface area contributed by atoms with E-state index >= 15 is 0 Å². The monoisotopic (exact) mass is 368 g/mol. The number of piperazine rings is 1. The van der Waals surface area contributed by atoms with Crippen LogP contribution in [-0.4, -0.2) is 49.7 Å². The number of anilines is 1. The first kappa shape index (κ1) is 17.2. The van der Waals surface area contributed by atoms with E-state index < -0.39 is 6.04 Å². The molecule has 0 N–H and O–H groups in total. The summed E-state index contributed by atoms with van der Waals surface area (Å²) in [5.41, 5.74) is 1.19. The molecule has 1 fully saturated rings. The van der Waals surface area contributed by atoms with Crippen molar-refractivity contribution in [1.82, 2.24) is 4.90 Å². The van der Waals surface area contributed by atoms with Gasteiger partial charge in [0.1, 0.15) is 11.8 Å². The molecule has 1 saturated heterocycles. The van der Waals surface area contributed by atoms with Gasteiger partial charge in [0.05, 0.1) is 12.8 Å². The van der Waals surface area contributed by atoms with Crippen molar-refractivity contribution >= 4 is 17.5 Å². The summed E-state index contributed by atoms with van der Waals surface area (Å²) in [7, 11) is 1.58. The maximum Gasteiger partial charge on any atom is 0.254 e. The number of methoxy groups -OCH3 is 1. The summed E-state index contributed by atoms with van der Waals surface area (Å²) < 4.78 is 16.0. The Kier molecular flexibility index (Phi) is 4.35. The highest BCUT2D eigenvalue weighted by molar-refractivity contribution is 6.04. The van der Waals surface area contributed by atoms with Gasteiger partial charge in [-0.1, -0.05) is 12.1 Å². The first-order valence-corrected chi connectivity index (χ1v) is 8.75. The summed E-state index contributed by atoms with van der Waals surface area (Å²) >= 11 is 0. The molecular weight excluding hydrogens is 348 g/mol. The minimum absolute atomic E-state index is 0.139. The Morgan fingerprint density at radius 1 is 1.11 bits per heavy atom. The number of para-hydroxylation sites is 2. The molecule has 1 atom stereocenters. The van der Waals surface area contributed by atoms with E-state index in [4.69, 9.17) is 14.2 Å². The van der Waals surface area contributed by atoms with E-state index in [2.05, 4.69) is 0 Å². The van der Waals surface area contributed by atoms with Gasteiger partial charge in [-0.25, -0.2) is 0 Å². The Bertz CT molecular complexity index is 898. The molecule has 2 aliphatic rings. The van der Waals surface area contributed by atoms with Crippen molar-refractivity contribution in [2.24, 2.45) is 0 Å². The fraction of sp³-hybridized carbons (Fsp3) is 0.300. The molecule has 2 heterocycles. The van der Waals surface area contributed by atoms with Crippen LogP contribution in [0.3, 0.4) is 0 Å². The van der Waals surface area contributed by atoms with Gasteiger partial charge < -0.3 is 24.0 Å². The van der Waals surface area contributed by atoms with E-state index in [-0.39, 0.29) is 18.6 Å². The maximum atomic E-state index is 13.0. The minimum atomic E-state index is -0.582. The molecule has 0 aliphatic carbocycles. The average molecular weight is 368 g/mol. The number of ether oxygens (including phenoxy) is 3. The predicted octanol–water partition coefficient (Wildman–Crippen LogP) is 2.30. The van der Waals surface area contributed by atoms with E-state index in [0.29, 0.717) is 41.6 Å². The summed E-state index contributed by atoms with van der Waals surface area (Å²) in [5.74, 6) is 1.46. The Balaban J connectivity index is 1.55. The third kappa shape index (κ3) is 2.95. The molecular formula is C20H20N2O5. The summed E-state index contributed by atoms with van der Waals surface area (Å²) in [6, 6.07) is 11.9. The zero-order valence-corrected chi connectivity index (χ0v) is 15.2. The molecule has 7 nitrogen and oxygen atoms in total. The Morgan fingerprint density at radius 2 is 1.89 bits per heavy atom. The van der Waals surface area contributed by atoms with Gasteiger partial charge in [-0.3, -0.25) is 9.59 Å². The molecule has 27 heavy (non-hydrogen) atoms.